The molecule has 1 rings (SSSR count). The number of rotatable bonds is 0. The van der Waals surface area contributed by atoms with Crippen molar-refractivity contribution >= 4 is 0 Å². The molecule has 10 heavy (non-hydrogen) atoms. The van der Waals surface area contributed by atoms with Gasteiger partial charge in [0.05, 0.1) is 0 Å². The molecule has 0 saturated heterocycles. The van der Waals surface area contributed by atoms with Gasteiger partial charge in [0, 0.05) is 0 Å². The topological polar surface area (TPSA) is 0 Å². The summed E-state index contributed by atoms with van der Waals surface area (Å²) >= 11 is 0. The third-order valence-corrected chi connectivity index (χ3v) is 1.11. The Bertz CT molecular complexity index is 139. The van der Waals surface area contributed by atoms with Crippen LogP contribution in [0.2, 0.25) is 0 Å². The minimum Gasteiger partial charge on any atom is -1.00 e. The number of hydrogen-bond acceptors (Lipinski definition) is 0. The smallest absolute Gasteiger partial charge is 1.00 e. The molecular formula is C7H9Cl2Hf+. The van der Waals surface area contributed by atoms with Gasteiger partial charge in [0.25, 0.3) is 0 Å². The van der Waals surface area contributed by atoms with E-state index in [4.69, 9.17) is 0 Å². The molecule has 3 heteroatoms. The Hall–Kier alpha value is 0.930. The van der Waals surface area contributed by atoms with Gasteiger partial charge >= 0.3 is 25.8 Å². The second-order valence-corrected chi connectivity index (χ2v) is 2.03. The van der Waals surface area contributed by atoms with E-state index in [0.29, 0.717) is 0 Å². The van der Waals surface area contributed by atoms with Crippen LogP contribution in [0.1, 0.15) is 20.3 Å². The Kier molecular flexibility index (Phi) is 13.8. The third-order valence-electron chi connectivity index (χ3n) is 1.11. The van der Waals surface area contributed by atoms with E-state index in [9.17, 15) is 0 Å². The number of hydrogen-bond donors (Lipinski definition) is 0. The van der Waals surface area contributed by atoms with Crippen LogP contribution in [0, 0.1) is 6.08 Å². The van der Waals surface area contributed by atoms with Crippen LogP contribution in [0.5, 0.6) is 0 Å². The molecule has 54 valence electrons. The minimum atomic E-state index is 0. The zero-order valence-electron chi connectivity index (χ0n) is 6.04. The van der Waals surface area contributed by atoms with Crippen molar-refractivity contribution in [1.82, 2.24) is 0 Å². The van der Waals surface area contributed by atoms with Crippen molar-refractivity contribution in [1.29, 1.82) is 0 Å². The minimum absolute atomic E-state index is 0. The second-order valence-electron chi connectivity index (χ2n) is 2.03. The van der Waals surface area contributed by atoms with Crippen LogP contribution in [-0.4, -0.2) is 0 Å². The summed E-state index contributed by atoms with van der Waals surface area (Å²) in [7, 11) is 0. The van der Waals surface area contributed by atoms with Crippen molar-refractivity contribution in [3.05, 3.63) is 23.3 Å². The zero-order valence-corrected chi connectivity index (χ0v) is 11.1. The van der Waals surface area contributed by atoms with E-state index in [1.807, 2.05) is 0 Å². The van der Waals surface area contributed by atoms with Gasteiger partial charge in [-0.15, -0.1) is 6.42 Å². The first-order valence-corrected chi connectivity index (χ1v) is 2.53. The van der Waals surface area contributed by atoms with Crippen LogP contribution < -0.4 is 24.8 Å². The first kappa shape index (κ1) is 17.1. The first-order valence-electron chi connectivity index (χ1n) is 2.53. The first-order chi connectivity index (χ1) is 3.29. The maximum absolute atomic E-state index is 3.19. The van der Waals surface area contributed by atoms with Crippen LogP contribution in [0.3, 0.4) is 0 Å². The van der Waals surface area contributed by atoms with Gasteiger partial charge in [-0.1, -0.05) is 13.8 Å². The number of halogens is 2. The second kappa shape index (κ2) is 8.03. The molecular weight excluding hydrogens is 333 g/mol. The van der Waals surface area contributed by atoms with Crippen molar-refractivity contribution in [3.8, 4) is 0 Å². The molecule has 0 heterocycles. The van der Waals surface area contributed by atoms with Gasteiger partial charge < -0.3 is 24.8 Å². The third kappa shape index (κ3) is 5.70. The molecule has 0 nitrogen and oxygen atoms in total. The van der Waals surface area contributed by atoms with E-state index < -0.39 is 0 Å². The Labute approximate surface area is 93.8 Å². The van der Waals surface area contributed by atoms with Crippen LogP contribution in [-0.2, 0) is 25.8 Å². The molecule has 0 N–H and O–H groups in total. The van der Waals surface area contributed by atoms with Crippen molar-refractivity contribution in [2.75, 3.05) is 0 Å². The van der Waals surface area contributed by atoms with Gasteiger partial charge in [0.2, 0.25) is 0 Å². The maximum Gasteiger partial charge on any atom is 4.00 e. The molecule has 0 bridgehead atoms. The normalized spacial score (nSPS) is 13.4. The summed E-state index contributed by atoms with van der Waals surface area (Å²) in [5, 5.41) is 0. The Balaban J connectivity index is -0.000000163. The predicted molar refractivity (Wildman–Crippen MR) is 30.8 cm³/mol. The van der Waals surface area contributed by atoms with Gasteiger partial charge in [-0.2, -0.15) is 5.57 Å². The molecule has 0 atom stereocenters. The van der Waals surface area contributed by atoms with Crippen LogP contribution in [0.4, 0.5) is 0 Å². The molecule has 1 aliphatic rings. The quantitative estimate of drug-likeness (QED) is 0.312. The van der Waals surface area contributed by atoms with E-state index in [1.165, 1.54) is 11.1 Å². The summed E-state index contributed by atoms with van der Waals surface area (Å²) in [6.07, 6.45) is 6.41. The fourth-order valence-corrected chi connectivity index (χ4v) is 0.751. The summed E-state index contributed by atoms with van der Waals surface area (Å²) < 4.78 is 0. The standard InChI is InChI=1S/C7H9.2ClH.Hf/c1-6-3-4-7(2)5-6;;;/h5H,3H2,1-2H3;2*1H;/q-1;;;+4/p-2. The molecule has 0 aromatic rings. The van der Waals surface area contributed by atoms with Crippen molar-refractivity contribution < 1.29 is 50.7 Å². The van der Waals surface area contributed by atoms with E-state index in [2.05, 4.69) is 26.0 Å². The van der Waals surface area contributed by atoms with E-state index >= 15 is 0 Å². The molecule has 0 radical (unpaired) electrons. The fraction of sp³-hybridized carbons (Fsp3) is 0.429. The van der Waals surface area contributed by atoms with Gasteiger partial charge in [-0.25, -0.2) is 11.6 Å². The molecule has 0 aromatic heterocycles. The molecule has 0 aromatic carbocycles. The Morgan fingerprint density at radius 3 is 1.90 bits per heavy atom. The van der Waals surface area contributed by atoms with Gasteiger partial charge in [0.1, 0.15) is 0 Å². The fourth-order valence-electron chi connectivity index (χ4n) is 0.751. The average Bonchev–Trinajstić information content (AvgIpc) is 1.87. The summed E-state index contributed by atoms with van der Waals surface area (Å²) in [6, 6.07) is 0. The van der Waals surface area contributed by atoms with E-state index in [0.717, 1.165) is 6.42 Å². The van der Waals surface area contributed by atoms with Crippen molar-refractivity contribution in [2.24, 2.45) is 0 Å². The molecule has 0 saturated carbocycles. The summed E-state index contributed by atoms with van der Waals surface area (Å²) in [5.41, 5.74) is 2.72. The van der Waals surface area contributed by atoms with E-state index in [-0.39, 0.29) is 50.7 Å². The average molecular weight is 343 g/mol. The molecule has 0 fully saturated rings. The summed E-state index contributed by atoms with van der Waals surface area (Å²) in [4.78, 5) is 0. The molecule has 0 spiro atoms. The molecule has 0 aliphatic heterocycles. The largest absolute Gasteiger partial charge is 4.00 e. The maximum atomic E-state index is 3.19. The van der Waals surface area contributed by atoms with Crippen LogP contribution in [0.25, 0.3) is 0 Å². The number of allylic oxidation sites excluding steroid dienone is 4. The van der Waals surface area contributed by atoms with Crippen LogP contribution >= 0.6 is 0 Å². The van der Waals surface area contributed by atoms with Gasteiger partial charge in [-0.05, 0) is 0 Å². The molecule has 1 aliphatic carbocycles. The monoisotopic (exact) mass is 343 g/mol. The van der Waals surface area contributed by atoms with Crippen molar-refractivity contribution in [2.45, 2.75) is 20.3 Å². The van der Waals surface area contributed by atoms with Crippen LogP contribution in [0.15, 0.2) is 17.2 Å². The summed E-state index contributed by atoms with van der Waals surface area (Å²) in [5.74, 6) is 0. The Morgan fingerprint density at radius 2 is 1.80 bits per heavy atom. The van der Waals surface area contributed by atoms with Gasteiger partial charge in [0.15, 0.2) is 0 Å². The van der Waals surface area contributed by atoms with E-state index in [1.54, 1.807) is 0 Å². The predicted octanol–water partition coefficient (Wildman–Crippen LogP) is -3.91. The summed E-state index contributed by atoms with van der Waals surface area (Å²) in [6.45, 7) is 4.21. The van der Waals surface area contributed by atoms with Gasteiger partial charge in [-0.3, -0.25) is 6.08 Å². The van der Waals surface area contributed by atoms with Crippen molar-refractivity contribution in [3.63, 3.8) is 0 Å². The SMILES string of the molecule is CC1=[C-]CC(C)=C1.[Cl-].[Cl-].[Hf+4]. The Morgan fingerprint density at radius 1 is 1.30 bits per heavy atom. The molecule has 0 unspecified atom stereocenters. The molecule has 0 amide bonds. The zero-order chi connectivity index (χ0) is 5.28.